The van der Waals surface area contributed by atoms with Gasteiger partial charge >= 0.3 is 5.63 Å². The lowest BCUT2D eigenvalue weighted by molar-refractivity contribution is 0.307. The van der Waals surface area contributed by atoms with Crippen molar-refractivity contribution in [2.24, 2.45) is 0 Å². The Bertz CT molecular complexity index is 1150. The van der Waals surface area contributed by atoms with Crippen LogP contribution in [0.5, 0.6) is 5.75 Å². The van der Waals surface area contributed by atoms with Gasteiger partial charge in [-0.15, -0.1) is 0 Å². The molecular formula is C20H12Cl2O3. The first-order valence-corrected chi connectivity index (χ1v) is 8.40. The van der Waals surface area contributed by atoms with Gasteiger partial charge in [-0.25, -0.2) is 4.79 Å². The zero-order chi connectivity index (χ0) is 17.4. The highest BCUT2D eigenvalue weighted by atomic mass is 35.5. The van der Waals surface area contributed by atoms with Crippen LogP contribution in [0.3, 0.4) is 0 Å². The predicted octanol–water partition coefficient (Wildman–Crippen LogP) is 5.83. The number of hydrogen-bond donors (Lipinski definition) is 0. The quantitative estimate of drug-likeness (QED) is 0.336. The Balaban J connectivity index is 1.79. The number of rotatable bonds is 3. The summed E-state index contributed by atoms with van der Waals surface area (Å²) in [5, 5.41) is 3.70. The number of ether oxygens (including phenoxy) is 1. The smallest absolute Gasteiger partial charge is 0.336 e. The minimum Gasteiger partial charge on any atom is -0.487 e. The molecule has 0 aliphatic rings. The van der Waals surface area contributed by atoms with E-state index >= 15 is 0 Å². The van der Waals surface area contributed by atoms with E-state index in [1.165, 1.54) is 6.07 Å². The summed E-state index contributed by atoms with van der Waals surface area (Å²) >= 11 is 12.0. The Hall–Kier alpha value is -2.49. The second-order valence-corrected chi connectivity index (χ2v) is 6.46. The van der Waals surface area contributed by atoms with Gasteiger partial charge in [0, 0.05) is 27.4 Å². The predicted molar refractivity (Wildman–Crippen MR) is 101 cm³/mol. The van der Waals surface area contributed by atoms with Gasteiger partial charge in [0.2, 0.25) is 0 Å². The molecule has 5 heteroatoms. The maximum Gasteiger partial charge on any atom is 0.336 e. The van der Waals surface area contributed by atoms with Gasteiger partial charge in [-0.05, 0) is 23.6 Å². The summed E-state index contributed by atoms with van der Waals surface area (Å²) in [4.78, 5) is 12.0. The van der Waals surface area contributed by atoms with Crippen LogP contribution in [-0.4, -0.2) is 0 Å². The highest BCUT2D eigenvalue weighted by Crippen LogP contribution is 2.30. The van der Waals surface area contributed by atoms with E-state index in [2.05, 4.69) is 0 Å². The number of fused-ring (bicyclic) bond motifs is 3. The van der Waals surface area contributed by atoms with E-state index in [-0.39, 0.29) is 6.61 Å². The standard InChI is InChI=1S/C20H12Cl2O3/c21-14-6-8-18(17(22)10-14)24-11-13-9-19(23)25-20-15-4-2-1-3-12(15)5-7-16(13)20/h1-10H,11H2. The molecule has 0 atom stereocenters. The average molecular weight is 371 g/mol. The van der Waals surface area contributed by atoms with E-state index in [0.29, 0.717) is 21.4 Å². The van der Waals surface area contributed by atoms with Crippen molar-refractivity contribution in [3.05, 3.63) is 86.7 Å². The van der Waals surface area contributed by atoms with E-state index in [4.69, 9.17) is 32.4 Å². The third kappa shape index (κ3) is 3.09. The maximum absolute atomic E-state index is 12.0. The van der Waals surface area contributed by atoms with Gasteiger partial charge in [0.1, 0.15) is 17.9 Å². The minimum absolute atomic E-state index is 0.196. The number of halogens is 2. The molecule has 0 aliphatic heterocycles. The summed E-state index contributed by atoms with van der Waals surface area (Å²) < 4.78 is 11.2. The lowest BCUT2D eigenvalue weighted by atomic mass is 10.0. The average Bonchev–Trinajstić information content (AvgIpc) is 2.60. The van der Waals surface area contributed by atoms with Crippen molar-refractivity contribution in [3.8, 4) is 5.75 Å². The second kappa shape index (κ2) is 6.43. The molecule has 25 heavy (non-hydrogen) atoms. The summed E-state index contributed by atoms with van der Waals surface area (Å²) in [6.07, 6.45) is 0. The zero-order valence-corrected chi connectivity index (χ0v) is 14.5. The molecular weight excluding hydrogens is 359 g/mol. The second-order valence-electron chi connectivity index (χ2n) is 5.62. The fourth-order valence-electron chi connectivity index (χ4n) is 2.82. The SMILES string of the molecule is O=c1cc(COc2ccc(Cl)cc2Cl)c2ccc3ccccc3c2o1. The van der Waals surface area contributed by atoms with E-state index in [9.17, 15) is 4.79 Å². The first-order chi connectivity index (χ1) is 12.1. The Morgan fingerprint density at radius 1 is 0.920 bits per heavy atom. The molecule has 0 radical (unpaired) electrons. The molecule has 0 fully saturated rings. The molecule has 0 amide bonds. The Kier molecular flexibility index (Phi) is 4.12. The largest absolute Gasteiger partial charge is 0.487 e. The summed E-state index contributed by atoms with van der Waals surface area (Å²) in [7, 11) is 0. The molecule has 0 N–H and O–H groups in total. The molecule has 0 saturated carbocycles. The van der Waals surface area contributed by atoms with Gasteiger partial charge in [-0.1, -0.05) is 59.6 Å². The molecule has 3 nitrogen and oxygen atoms in total. The molecule has 4 rings (SSSR count). The fraction of sp³-hybridized carbons (Fsp3) is 0.0500. The first-order valence-electron chi connectivity index (χ1n) is 7.64. The van der Waals surface area contributed by atoms with Crippen molar-refractivity contribution in [3.63, 3.8) is 0 Å². The Labute approximate surface area is 153 Å². The van der Waals surface area contributed by atoms with Crippen LogP contribution in [0.15, 0.2) is 69.9 Å². The lowest BCUT2D eigenvalue weighted by Crippen LogP contribution is -2.04. The van der Waals surface area contributed by atoms with Gasteiger partial charge in [0.15, 0.2) is 0 Å². The third-order valence-electron chi connectivity index (χ3n) is 4.00. The van der Waals surface area contributed by atoms with Crippen LogP contribution in [0.4, 0.5) is 0 Å². The van der Waals surface area contributed by atoms with Gasteiger partial charge in [0.25, 0.3) is 0 Å². The molecule has 0 bridgehead atoms. The van der Waals surface area contributed by atoms with Crippen LogP contribution >= 0.6 is 23.2 Å². The van der Waals surface area contributed by atoms with Gasteiger partial charge in [0.05, 0.1) is 5.02 Å². The van der Waals surface area contributed by atoms with Crippen molar-refractivity contribution in [1.29, 1.82) is 0 Å². The van der Waals surface area contributed by atoms with Gasteiger partial charge < -0.3 is 9.15 Å². The van der Waals surface area contributed by atoms with Crippen LogP contribution in [0, 0.1) is 0 Å². The van der Waals surface area contributed by atoms with Crippen LogP contribution in [0.25, 0.3) is 21.7 Å². The molecule has 0 saturated heterocycles. The normalized spacial score (nSPS) is 11.1. The van der Waals surface area contributed by atoms with Crippen molar-refractivity contribution >= 4 is 44.9 Å². The molecule has 0 unspecified atom stereocenters. The molecule has 4 aromatic rings. The topological polar surface area (TPSA) is 39.4 Å². The molecule has 3 aromatic carbocycles. The van der Waals surface area contributed by atoms with Gasteiger partial charge in [-0.3, -0.25) is 0 Å². The monoisotopic (exact) mass is 370 g/mol. The fourth-order valence-corrected chi connectivity index (χ4v) is 3.29. The molecule has 0 spiro atoms. The van der Waals surface area contributed by atoms with Crippen molar-refractivity contribution < 1.29 is 9.15 Å². The maximum atomic E-state index is 12.0. The summed E-state index contributed by atoms with van der Waals surface area (Å²) in [5.74, 6) is 0.508. The zero-order valence-electron chi connectivity index (χ0n) is 13.0. The van der Waals surface area contributed by atoms with Crippen molar-refractivity contribution in [2.45, 2.75) is 6.61 Å². The third-order valence-corrected chi connectivity index (χ3v) is 4.53. The summed E-state index contributed by atoms with van der Waals surface area (Å²) in [5.41, 5.74) is 0.888. The van der Waals surface area contributed by atoms with E-state index in [0.717, 1.165) is 21.7 Å². The molecule has 0 aliphatic carbocycles. The van der Waals surface area contributed by atoms with Gasteiger partial charge in [-0.2, -0.15) is 0 Å². The number of hydrogen-bond acceptors (Lipinski definition) is 3. The van der Waals surface area contributed by atoms with E-state index in [1.54, 1.807) is 18.2 Å². The Morgan fingerprint density at radius 2 is 1.76 bits per heavy atom. The van der Waals surface area contributed by atoms with E-state index in [1.807, 2.05) is 36.4 Å². The van der Waals surface area contributed by atoms with Crippen LogP contribution in [-0.2, 0) is 6.61 Å². The van der Waals surface area contributed by atoms with Crippen LogP contribution < -0.4 is 10.4 Å². The minimum atomic E-state index is -0.412. The highest BCUT2D eigenvalue weighted by molar-refractivity contribution is 6.35. The van der Waals surface area contributed by atoms with Crippen LogP contribution in [0.1, 0.15) is 5.56 Å². The van der Waals surface area contributed by atoms with Crippen molar-refractivity contribution in [1.82, 2.24) is 0 Å². The number of benzene rings is 3. The summed E-state index contributed by atoms with van der Waals surface area (Å²) in [6.45, 7) is 0.196. The van der Waals surface area contributed by atoms with Crippen LogP contribution in [0.2, 0.25) is 10.0 Å². The Morgan fingerprint density at radius 3 is 2.60 bits per heavy atom. The van der Waals surface area contributed by atoms with E-state index < -0.39 is 5.63 Å². The first kappa shape index (κ1) is 16.0. The molecule has 1 heterocycles. The summed E-state index contributed by atoms with van der Waals surface area (Å²) in [6, 6.07) is 18.2. The lowest BCUT2D eigenvalue weighted by Gasteiger charge is -2.11. The molecule has 124 valence electrons. The molecule has 1 aromatic heterocycles. The highest BCUT2D eigenvalue weighted by Gasteiger charge is 2.10. The van der Waals surface area contributed by atoms with Crippen molar-refractivity contribution in [2.75, 3.05) is 0 Å².